The Morgan fingerprint density at radius 1 is 1.39 bits per heavy atom. The van der Waals surface area contributed by atoms with Crippen molar-refractivity contribution in [1.29, 1.82) is 0 Å². The van der Waals surface area contributed by atoms with Crippen molar-refractivity contribution in [3.8, 4) is 0 Å². The van der Waals surface area contributed by atoms with Crippen LogP contribution in [-0.4, -0.2) is 29.8 Å². The second-order valence-corrected chi connectivity index (χ2v) is 5.89. The number of halogens is 3. The third-order valence-electron chi connectivity index (χ3n) is 2.11. The highest BCUT2D eigenvalue weighted by Crippen LogP contribution is 2.28. The third-order valence-corrected chi connectivity index (χ3v) is 3.93. The number of aromatic nitrogens is 1. The topological polar surface area (TPSA) is 50.3 Å². The molecule has 0 bridgehead atoms. The van der Waals surface area contributed by atoms with Crippen molar-refractivity contribution < 1.29 is 21.6 Å². The van der Waals surface area contributed by atoms with E-state index in [1.54, 1.807) is 4.31 Å². The Balaban J connectivity index is 2.97. The van der Waals surface area contributed by atoms with Crippen molar-refractivity contribution in [2.45, 2.75) is 24.0 Å². The average molecular weight is 300 g/mol. The maximum absolute atomic E-state index is 12.2. The first-order chi connectivity index (χ1) is 8.18. The lowest BCUT2D eigenvalue weighted by molar-refractivity contribution is -0.0438. The third kappa shape index (κ3) is 3.36. The van der Waals surface area contributed by atoms with Gasteiger partial charge in [-0.15, -0.1) is 0 Å². The van der Waals surface area contributed by atoms with E-state index in [4.69, 9.17) is 0 Å². The number of hydrogen-bond donors (Lipinski definition) is 1. The summed E-state index contributed by atoms with van der Waals surface area (Å²) in [4.78, 5) is 3.34. The SMILES string of the molecule is CCN(S)Cc1ccc(S(=O)(=O)C(F)(F)F)nc1. The van der Waals surface area contributed by atoms with Crippen molar-refractivity contribution in [2.24, 2.45) is 0 Å². The number of pyridine rings is 1. The number of hydrogen-bond acceptors (Lipinski definition) is 5. The van der Waals surface area contributed by atoms with Crippen LogP contribution in [0.4, 0.5) is 13.2 Å². The van der Waals surface area contributed by atoms with Crippen LogP contribution >= 0.6 is 12.8 Å². The summed E-state index contributed by atoms with van der Waals surface area (Å²) < 4.78 is 60.4. The van der Waals surface area contributed by atoms with Gasteiger partial charge in [-0.2, -0.15) is 13.2 Å². The van der Waals surface area contributed by atoms with Crippen LogP contribution in [0.3, 0.4) is 0 Å². The summed E-state index contributed by atoms with van der Waals surface area (Å²) in [6, 6.07) is 2.12. The van der Waals surface area contributed by atoms with Gasteiger partial charge in [0.2, 0.25) is 0 Å². The molecule has 0 aromatic carbocycles. The van der Waals surface area contributed by atoms with Gasteiger partial charge in [0, 0.05) is 19.3 Å². The predicted octanol–water partition coefficient (Wildman–Crippen LogP) is 2.04. The van der Waals surface area contributed by atoms with Gasteiger partial charge in [0.05, 0.1) is 0 Å². The molecular formula is C9H11F3N2O2S2. The molecule has 0 spiro atoms. The molecule has 1 rings (SSSR count). The Kier molecular flexibility index (Phi) is 4.62. The van der Waals surface area contributed by atoms with Crippen LogP contribution in [0.2, 0.25) is 0 Å². The smallest absolute Gasteiger partial charge is 0.249 e. The van der Waals surface area contributed by atoms with Gasteiger partial charge in [-0.3, -0.25) is 0 Å². The number of rotatable bonds is 4. The monoisotopic (exact) mass is 300 g/mol. The van der Waals surface area contributed by atoms with Crippen LogP contribution in [0.25, 0.3) is 0 Å². The summed E-state index contributed by atoms with van der Waals surface area (Å²) in [5, 5.41) is -0.999. The average Bonchev–Trinajstić information content (AvgIpc) is 2.28. The van der Waals surface area contributed by atoms with Crippen LogP contribution in [0, 0.1) is 0 Å². The quantitative estimate of drug-likeness (QED) is 0.865. The van der Waals surface area contributed by atoms with Gasteiger partial charge in [0.25, 0.3) is 9.84 Å². The first-order valence-corrected chi connectivity index (χ1v) is 6.77. The first-order valence-electron chi connectivity index (χ1n) is 4.88. The molecule has 18 heavy (non-hydrogen) atoms. The van der Waals surface area contributed by atoms with Gasteiger partial charge >= 0.3 is 5.51 Å². The molecule has 0 aliphatic carbocycles. The highest BCUT2D eigenvalue weighted by atomic mass is 32.2. The van der Waals surface area contributed by atoms with Crippen LogP contribution in [0.5, 0.6) is 0 Å². The minimum absolute atomic E-state index is 0.360. The molecule has 0 aliphatic rings. The van der Waals surface area contributed by atoms with Crippen LogP contribution in [0.15, 0.2) is 23.4 Å². The normalized spacial score (nSPS) is 13.0. The summed E-state index contributed by atoms with van der Waals surface area (Å²) >= 11 is 4.08. The lowest BCUT2D eigenvalue weighted by atomic mass is 10.3. The van der Waals surface area contributed by atoms with Gasteiger partial charge in [0.15, 0.2) is 5.03 Å². The fraction of sp³-hybridized carbons (Fsp3) is 0.444. The van der Waals surface area contributed by atoms with Crippen molar-refractivity contribution in [2.75, 3.05) is 6.54 Å². The first kappa shape index (κ1) is 15.3. The van der Waals surface area contributed by atoms with Crippen LogP contribution in [0.1, 0.15) is 12.5 Å². The molecule has 1 heterocycles. The zero-order chi connectivity index (χ0) is 14.0. The lowest BCUT2D eigenvalue weighted by Crippen LogP contribution is -2.24. The van der Waals surface area contributed by atoms with E-state index in [0.717, 1.165) is 12.3 Å². The van der Waals surface area contributed by atoms with Crippen LogP contribution in [-0.2, 0) is 16.4 Å². The molecule has 0 saturated heterocycles. The molecule has 0 aliphatic heterocycles. The van der Waals surface area contributed by atoms with E-state index in [9.17, 15) is 21.6 Å². The molecule has 0 unspecified atom stereocenters. The second-order valence-electron chi connectivity index (χ2n) is 3.43. The Morgan fingerprint density at radius 3 is 2.39 bits per heavy atom. The zero-order valence-electron chi connectivity index (χ0n) is 9.35. The zero-order valence-corrected chi connectivity index (χ0v) is 11.1. The fourth-order valence-electron chi connectivity index (χ4n) is 1.10. The van der Waals surface area contributed by atoms with Crippen molar-refractivity contribution >= 4 is 22.7 Å². The minimum Gasteiger partial charge on any atom is -0.249 e. The maximum Gasteiger partial charge on any atom is 0.503 e. The van der Waals surface area contributed by atoms with Crippen LogP contribution < -0.4 is 0 Å². The molecule has 0 fully saturated rings. The molecule has 0 radical (unpaired) electrons. The molecule has 0 amide bonds. The Hall–Kier alpha value is -0.800. The van der Waals surface area contributed by atoms with E-state index in [1.165, 1.54) is 6.07 Å². The molecule has 4 nitrogen and oxygen atoms in total. The lowest BCUT2D eigenvalue weighted by Gasteiger charge is -2.12. The fourth-order valence-corrected chi connectivity index (χ4v) is 1.94. The number of sulfone groups is 1. The van der Waals surface area contributed by atoms with E-state index >= 15 is 0 Å². The summed E-state index contributed by atoms with van der Waals surface area (Å²) in [6.07, 6.45) is 1.09. The second kappa shape index (κ2) is 5.45. The molecule has 0 atom stereocenters. The van der Waals surface area contributed by atoms with E-state index in [1.807, 2.05) is 6.92 Å². The van der Waals surface area contributed by atoms with Gasteiger partial charge in [0.1, 0.15) is 0 Å². The molecule has 0 saturated carbocycles. The van der Waals surface area contributed by atoms with Crippen molar-refractivity contribution in [1.82, 2.24) is 9.29 Å². The standard InChI is InChI=1S/C9H11F3N2O2S2/c1-2-14(17)6-7-3-4-8(13-5-7)18(15,16)9(10,11)12/h3-5,17H,2,6H2,1H3. The van der Waals surface area contributed by atoms with E-state index in [2.05, 4.69) is 17.8 Å². The summed E-state index contributed by atoms with van der Waals surface area (Å²) in [5.41, 5.74) is -4.76. The van der Waals surface area contributed by atoms with Crippen molar-refractivity contribution in [3.05, 3.63) is 23.9 Å². The van der Waals surface area contributed by atoms with E-state index in [-0.39, 0.29) is 0 Å². The van der Waals surface area contributed by atoms with Gasteiger partial charge in [-0.05, 0) is 11.6 Å². The number of alkyl halides is 3. The number of thiol groups is 1. The minimum atomic E-state index is -5.37. The Morgan fingerprint density at radius 2 is 2.00 bits per heavy atom. The molecule has 9 heteroatoms. The molecule has 1 aromatic rings. The predicted molar refractivity (Wildman–Crippen MR) is 62.5 cm³/mol. The summed E-state index contributed by atoms with van der Waals surface area (Å²) in [7, 11) is -5.37. The molecular weight excluding hydrogens is 289 g/mol. The van der Waals surface area contributed by atoms with Gasteiger partial charge < -0.3 is 0 Å². The van der Waals surface area contributed by atoms with Gasteiger partial charge in [-0.1, -0.05) is 25.8 Å². The highest BCUT2D eigenvalue weighted by molar-refractivity contribution is 7.92. The van der Waals surface area contributed by atoms with Gasteiger partial charge in [-0.25, -0.2) is 17.7 Å². The summed E-state index contributed by atoms with van der Waals surface area (Å²) in [6.45, 7) is 2.84. The highest BCUT2D eigenvalue weighted by Gasteiger charge is 2.47. The Bertz CT molecular complexity index is 500. The Labute approximate surface area is 108 Å². The number of nitrogens with zero attached hydrogens (tertiary/aromatic N) is 2. The molecule has 1 aromatic heterocycles. The van der Waals surface area contributed by atoms with E-state index < -0.39 is 20.4 Å². The molecule has 102 valence electrons. The summed E-state index contributed by atoms with van der Waals surface area (Å²) in [5.74, 6) is 0. The largest absolute Gasteiger partial charge is 0.503 e. The maximum atomic E-state index is 12.2. The molecule has 0 N–H and O–H groups in total. The van der Waals surface area contributed by atoms with Crippen molar-refractivity contribution in [3.63, 3.8) is 0 Å². The van der Waals surface area contributed by atoms with E-state index in [0.29, 0.717) is 18.7 Å².